The summed E-state index contributed by atoms with van der Waals surface area (Å²) < 4.78 is 8.77. The van der Waals surface area contributed by atoms with E-state index in [-0.39, 0.29) is 16.7 Å². The van der Waals surface area contributed by atoms with E-state index < -0.39 is 17.9 Å². The van der Waals surface area contributed by atoms with Crippen molar-refractivity contribution in [2.45, 2.75) is 6.92 Å². The Labute approximate surface area is 92.0 Å². The number of methoxy groups -OCH3 is 1. The third kappa shape index (κ3) is 2.25. The van der Waals surface area contributed by atoms with Crippen LogP contribution < -0.4 is 0 Å². The van der Waals surface area contributed by atoms with Gasteiger partial charge in [0.2, 0.25) is 0 Å². The van der Waals surface area contributed by atoms with Crippen molar-refractivity contribution in [2.24, 2.45) is 0 Å². The van der Waals surface area contributed by atoms with Gasteiger partial charge in [0.1, 0.15) is 0 Å². The molecule has 0 aromatic rings. The number of ether oxygens (including phenoxy) is 2. The minimum atomic E-state index is -0.726. The highest BCUT2D eigenvalue weighted by Crippen LogP contribution is 2.18. The van der Waals surface area contributed by atoms with Crippen LogP contribution in [0.4, 0.5) is 0 Å². The Balaban J connectivity index is 2.86. The highest BCUT2D eigenvalue weighted by atomic mass is 16.6. The zero-order valence-electron chi connectivity index (χ0n) is 8.90. The Bertz CT molecular complexity index is 439. The van der Waals surface area contributed by atoms with Crippen molar-refractivity contribution in [3.63, 3.8) is 0 Å². The van der Waals surface area contributed by atoms with E-state index in [4.69, 9.17) is 0 Å². The quantitative estimate of drug-likeness (QED) is 0.304. The van der Waals surface area contributed by atoms with Gasteiger partial charge >= 0.3 is 17.9 Å². The highest BCUT2D eigenvalue weighted by molar-refractivity contribution is 6.13. The molecule has 5 nitrogen and oxygen atoms in total. The number of hydrogen-bond donors (Lipinski definition) is 0. The van der Waals surface area contributed by atoms with Gasteiger partial charge in [-0.1, -0.05) is 6.58 Å². The minimum absolute atomic E-state index is 0.0787. The van der Waals surface area contributed by atoms with Crippen LogP contribution in [0.15, 0.2) is 35.5 Å². The number of carbonyl (C=O) groups excluding carboxylic acids is 3. The van der Waals surface area contributed by atoms with Gasteiger partial charge in [-0.2, -0.15) is 0 Å². The van der Waals surface area contributed by atoms with Gasteiger partial charge in [0.25, 0.3) is 0 Å². The molecule has 1 rings (SSSR count). The molecule has 0 radical (unpaired) electrons. The van der Waals surface area contributed by atoms with Gasteiger partial charge in [-0.05, 0) is 19.1 Å². The van der Waals surface area contributed by atoms with Crippen molar-refractivity contribution in [3.8, 4) is 0 Å². The molecule has 1 heterocycles. The smallest absolute Gasteiger partial charge is 0.346 e. The summed E-state index contributed by atoms with van der Waals surface area (Å²) in [5.41, 5.74) is 0.406. The lowest BCUT2D eigenvalue weighted by molar-refractivity contribution is -0.151. The molecule has 16 heavy (non-hydrogen) atoms. The van der Waals surface area contributed by atoms with Crippen LogP contribution in [0.1, 0.15) is 6.92 Å². The molecular formula is C11H10O5. The predicted molar refractivity (Wildman–Crippen MR) is 54.1 cm³/mol. The summed E-state index contributed by atoms with van der Waals surface area (Å²) in [6, 6.07) is 0. The second kappa shape index (κ2) is 4.57. The molecule has 84 valence electrons. The maximum Gasteiger partial charge on any atom is 0.346 e. The number of hydrogen-bond acceptors (Lipinski definition) is 5. The van der Waals surface area contributed by atoms with Gasteiger partial charge in [-0.25, -0.2) is 14.4 Å². The van der Waals surface area contributed by atoms with Crippen molar-refractivity contribution in [1.82, 2.24) is 0 Å². The van der Waals surface area contributed by atoms with Crippen LogP contribution >= 0.6 is 0 Å². The van der Waals surface area contributed by atoms with E-state index in [0.717, 1.165) is 0 Å². The van der Waals surface area contributed by atoms with E-state index in [0.29, 0.717) is 0 Å². The summed E-state index contributed by atoms with van der Waals surface area (Å²) in [5.74, 6) is -2.00. The molecule has 0 spiro atoms. The Kier molecular flexibility index (Phi) is 3.40. The van der Waals surface area contributed by atoms with Crippen molar-refractivity contribution < 1.29 is 23.9 Å². The predicted octanol–water partition coefficient (Wildman–Crippen LogP) is 0.672. The zero-order valence-corrected chi connectivity index (χ0v) is 8.90. The first-order chi connectivity index (χ1) is 7.47. The van der Waals surface area contributed by atoms with Crippen LogP contribution in [0.2, 0.25) is 0 Å². The molecule has 5 heteroatoms. The first-order valence-electron chi connectivity index (χ1n) is 4.40. The second-order valence-electron chi connectivity index (χ2n) is 3.07. The summed E-state index contributed by atoms with van der Waals surface area (Å²) in [4.78, 5) is 33.1. The lowest BCUT2D eigenvalue weighted by atomic mass is 10.1. The Morgan fingerprint density at radius 3 is 2.44 bits per heavy atom. The standard InChI is InChI=1S/C11H10O5/c1-6(9(12)15-3)4-5-8-7(2)10(13)16-11(8)14/h4-5H,1H2,2-3H3/b5-4-. The summed E-state index contributed by atoms with van der Waals surface area (Å²) in [6.45, 7) is 4.90. The van der Waals surface area contributed by atoms with Gasteiger partial charge in [-0.15, -0.1) is 0 Å². The molecule has 0 amide bonds. The Morgan fingerprint density at radius 2 is 2.00 bits per heavy atom. The molecule has 0 fully saturated rings. The molecule has 0 aromatic carbocycles. The molecule has 0 atom stereocenters. The zero-order chi connectivity index (χ0) is 12.3. The average molecular weight is 222 g/mol. The van der Waals surface area contributed by atoms with Crippen LogP contribution in [0.5, 0.6) is 0 Å². The van der Waals surface area contributed by atoms with Gasteiger partial charge in [0.15, 0.2) is 0 Å². The van der Waals surface area contributed by atoms with E-state index in [1.165, 1.54) is 26.2 Å². The third-order valence-corrected chi connectivity index (χ3v) is 2.01. The number of carbonyl (C=O) groups is 3. The maximum atomic E-state index is 11.1. The molecule has 0 aliphatic carbocycles. The average Bonchev–Trinajstić information content (AvgIpc) is 2.49. The van der Waals surface area contributed by atoms with Crippen molar-refractivity contribution >= 4 is 17.9 Å². The van der Waals surface area contributed by atoms with Gasteiger partial charge in [0.05, 0.1) is 18.3 Å². The molecule has 0 bridgehead atoms. The first-order valence-corrected chi connectivity index (χ1v) is 4.40. The van der Waals surface area contributed by atoms with Crippen molar-refractivity contribution in [2.75, 3.05) is 7.11 Å². The molecule has 0 aromatic heterocycles. The molecule has 0 saturated carbocycles. The summed E-state index contributed by atoms with van der Waals surface area (Å²) in [6.07, 6.45) is 2.60. The fourth-order valence-corrected chi connectivity index (χ4v) is 1.05. The normalized spacial score (nSPS) is 15.6. The van der Waals surface area contributed by atoms with E-state index in [2.05, 4.69) is 16.1 Å². The third-order valence-electron chi connectivity index (χ3n) is 2.01. The Hall–Kier alpha value is -2.17. The van der Waals surface area contributed by atoms with Crippen molar-refractivity contribution in [1.29, 1.82) is 0 Å². The molecule has 0 N–H and O–H groups in total. The van der Waals surface area contributed by atoms with Crippen LogP contribution in [0, 0.1) is 0 Å². The largest absolute Gasteiger partial charge is 0.465 e. The van der Waals surface area contributed by atoms with E-state index in [9.17, 15) is 14.4 Å². The van der Waals surface area contributed by atoms with Crippen LogP contribution in [0.25, 0.3) is 0 Å². The SMILES string of the molecule is C=C(/C=C\C1=C(C)C(=O)OC1=O)C(=O)OC. The van der Waals surface area contributed by atoms with E-state index in [1.54, 1.807) is 0 Å². The van der Waals surface area contributed by atoms with Crippen LogP contribution in [0.3, 0.4) is 0 Å². The summed E-state index contributed by atoms with van der Waals surface area (Å²) >= 11 is 0. The monoisotopic (exact) mass is 222 g/mol. The molecule has 1 aliphatic heterocycles. The Morgan fingerprint density at radius 1 is 1.38 bits per heavy atom. The van der Waals surface area contributed by atoms with Gasteiger partial charge < -0.3 is 9.47 Å². The van der Waals surface area contributed by atoms with E-state index >= 15 is 0 Å². The van der Waals surface area contributed by atoms with Crippen molar-refractivity contribution in [3.05, 3.63) is 35.5 Å². The van der Waals surface area contributed by atoms with E-state index in [1.807, 2.05) is 0 Å². The van der Waals surface area contributed by atoms with Gasteiger partial charge in [-0.3, -0.25) is 0 Å². The maximum absolute atomic E-state index is 11.1. The fourth-order valence-electron chi connectivity index (χ4n) is 1.05. The topological polar surface area (TPSA) is 69.7 Å². The van der Waals surface area contributed by atoms with Crippen LogP contribution in [-0.2, 0) is 23.9 Å². The summed E-state index contributed by atoms with van der Waals surface area (Å²) in [7, 11) is 1.22. The fraction of sp³-hybridized carbons (Fsp3) is 0.182. The summed E-state index contributed by atoms with van der Waals surface area (Å²) in [5, 5.41) is 0. The minimum Gasteiger partial charge on any atom is -0.465 e. The van der Waals surface area contributed by atoms with Crippen LogP contribution in [-0.4, -0.2) is 25.0 Å². The number of cyclic esters (lactones) is 2. The second-order valence-corrected chi connectivity index (χ2v) is 3.07. The first kappa shape index (κ1) is 11.9. The number of esters is 3. The highest BCUT2D eigenvalue weighted by Gasteiger charge is 2.27. The molecule has 1 aliphatic rings. The lowest BCUT2D eigenvalue weighted by Crippen LogP contribution is -2.02. The molecular weight excluding hydrogens is 212 g/mol. The van der Waals surface area contributed by atoms with Gasteiger partial charge in [0, 0.05) is 5.57 Å². The molecule has 0 saturated heterocycles. The number of rotatable bonds is 3. The lowest BCUT2D eigenvalue weighted by Gasteiger charge is -1.96. The molecule has 0 unspecified atom stereocenters.